The number of hydrogen-bond donors (Lipinski definition) is 1. The molecule has 0 spiro atoms. The number of carbonyl (C=O) groups is 1. The molecule has 4 rings (SSSR count). The van der Waals surface area contributed by atoms with Crippen LogP contribution in [0.25, 0.3) is 11.0 Å². The van der Waals surface area contributed by atoms with Gasteiger partial charge in [0.05, 0.1) is 10.9 Å². The number of para-hydroxylation sites is 1. The second-order valence-electron chi connectivity index (χ2n) is 7.70. The van der Waals surface area contributed by atoms with Crippen molar-refractivity contribution in [2.45, 2.75) is 31.9 Å². The van der Waals surface area contributed by atoms with E-state index in [0.29, 0.717) is 37.4 Å². The summed E-state index contributed by atoms with van der Waals surface area (Å²) in [5.41, 5.74) is 5.11. The van der Waals surface area contributed by atoms with Gasteiger partial charge in [0.1, 0.15) is 17.4 Å². The first-order valence-electron chi connectivity index (χ1n) is 10.2. The van der Waals surface area contributed by atoms with E-state index in [-0.39, 0.29) is 41.1 Å². The Morgan fingerprint density at radius 2 is 1.84 bits per heavy atom. The molecule has 0 saturated carbocycles. The molecule has 3 heterocycles. The molecular formula is C22H22F3N5O2. The highest BCUT2D eigenvalue weighted by Gasteiger charge is 2.36. The van der Waals surface area contributed by atoms with Crippen molar-refractivity contribution in [2.75, 3.05) is 25.4 Å². The summed E-state index contributed by atoms with van der Waals surface area (Å²) in [4.78, 5) is 26.4. The van der Waals surface area contributed by atoms with E-state index in [9.17, 15) is 18.0 Å². The van der Waals surface area contributed by atoms with Crippen LogP contribution in [-0.4, -0.2) is 45.5 Å². The summed E-state index contributed by atoms with van der Waals surface area (Å²) in [6.45, 7) is 2.29. The fourth-order valence-corrected chi connectivity index (χ4v) is 3.90. The molecule has 0 unspecified atom stereocenters. The fourth-order valence-electron chi connectivity index (χ4n) is 3.90. The molecular weight excluding hydrogens is 423 g/mol. The van der Waals surface area contributed by atoms with Crippen molar-refractivity contribution >= 4 is 22.8 Å². The van der Waals surface area contributed by atoms with Crippen molar-refractivity contribution in [2.24, 2.45) is 0 Å². The summed E-state index contributed by atoms with van der Waals surface area (Å²) < 4.78 is 46.7. The number of hydrogen-bond acceptors (Lipinski definition) is 6. The van der Waals surface area contributed by atoms with Crippen molar-refractivity contribution in [3.63, 3.8) is 0 Å². The zero-order chi connectivity index (χ0) is 22.9. The number of nitrogen functional groups attached to an aromatic ring is 1. The standard InChI is InChI=1S/C22H22F3N5O2/c1-13-27-20(26)19-16(22(23,24)25)11-17(29-21(19)28-13)14-7-9-30(10-8-14)18(31)12-32-15-5-3-2-4-6-15/h2-6,11,14H,7-10,12H2,1H3,(H2,26,27,28,29). The average molecular weight is 445 g/mol. The summed E-state index contributed by atoms with van der Waals surface area (Å²) in [5.74, 6) is 0.235. The lowest BCUT2D eigenvalue weighted by Crippen LogP contribution is -2.40. The zero-order valence-electron chi connectivity index (χ0n) is 17.4. The van der Waals surface area contributed by atoms with Crippen LogP contribution in [0.1, 0.15) is 35.8 Å². The van der Waals surface area contributed by atoms with Crippen molar-refractivity contribution in [3.05, 3.63) is 53.5 Å². The highest BCUT2D eigenvalue weighted by Crippen LogP contribution is 2.38. The van der Waals surface area contributed by atoms with E-state index in [1.54, 1.807) is 24.0 Å². The molecule has 2 N–H and O–H groups in total. The molecule has 1 saturated heterocycles. The third-order valence-electron chi connectivity index (χ3n) is 5.50. The maximum Gasteiger partial charge on any atom is 0.417 e. The number of anilines is 1. The number of carbonyl (C=O) groups excluding carboxylic acids is 1. The summed E-state index contributed by atoms with van der Waals surface area (Å²) in [6, 6.07) is 10.1. The van der Waals surface area contributed by atoms with Gasteiger partial charge in [-0.15, -0.1) is 0 Å². The van der Waals surface area contributed by atoms with Gasteiger partial charge in [0.25, 0.3) is 5.91 Å². The number of halogens is 3. The molecule has 1 aliphatic heterocycles. The molecule has 1 fully saturated rings. The quantitative estimate of drug-likeness (QED) is 0.658. The first kappa shape index (κ1) is 21.8. The lowest BCUT2D eigenvalue weighted by molar-refractivity contribution is -0.136. The van der Waals surface area contributed by atoms with Crippen molar-refractivity contribution < 1.29 is 22.7 Å². The Hall–Kier alpha value is -3.43. The third-order valence-corrected chi connectivity index (χ3v) is 5.50. The third kappa shape index (κ3) is 4.58. The second-order valence-corrected chi connectivity index (χ2v) is 7.70. The number of nitrogens with two attached hydrogens (primary N) is 1. The Morgan fingerprint density at radius 3 is 2.50 bits per heavy atom. The number of aryl methyl sites for hydroxylation is 1. The Morgan fingerprint density at radius 1 is 1.16 bits per heavy atom. The minimum atomic E-state index is -4.62. The van der Waals surface area contributed by atoms with Crippen LogP contribution in [0.4, 0.5) is 19.0 Å². The molecule has 7 nitrogen and oxygen atoms in total. The second kappa shape index (κ2) is 8.60. The van der Waals surface area contributed by atoms with Gasteiger partial charge >= 0.3 is 6.18 Å². The van der Waals surface area contributed by atoms with E-state index in [4.69, 9.17) is 10.5 Å². The number of amides is 1. The molecule has 0 atom stereocenters. The van der Waals surface area contributed by atoms with Gasteiger partial charge in [-0.05, 0) is 38.0 Å². The molecule has 0 aliphatic carbocycles. The van der Waals surface area contributed by atoms with Crippen LogP contribution in [0.3, 0.4) is 0 Å². The Kier molecular flexibility index (Phi) is 5.86. The zero-order valence-corrected chi connectivity index (χ0v) is 17.4. The molecule has 1 amide bonds. The largest absolute Gasteiger partial charge is 0.484 e. The predicted molar refractivity (Wildman–Crippen MR) is 112 cm³/mol. The predicted octanol–water partition coefficient (Wildman–Crippen LogP) is 3.72. The number of ether oxygens (including phenoxy) is 1. The minimum Gasteiger partial charge on any atom is -0.484 e. The minimum absolute atomic E-state index is 0.0606. The molecule has 2 aromatic heterocycles. The molecule has 1 aromatic carbocycles. The molecule has 10 heteroatoms. The number of rotatable bonds is 4. The Bertz CT molecular complexity index is 1130. The maximum atomic E-state index is 13.7. The van der Waals surface area contributed by atoms with E-state index in [2.05, 4.69) is 15.0 Å². The Balaban J connectivity index is 1.49. The van der Waals surface area contributed by atoms with Gasteiger partial charge in [-0.2, -0.15) is 13.2 Å². The normalized spacial score (nSPS) is 15.2. The molecule has 0 radical (unpaired) electrons. The Labute approximate surface area is 182 Å². The summed E-state index contributed by atoms with van der Waals surface area (Å²) >= 11 is 0. The van der Waals surface area contributed by atoms with Crippen LogP contribution < -0.4 is 10.5 Å². The van der Waals surface area contributed by atoms with E-state index < -0.39 is 11.7 Å². The summed E-state index contributed by atoms with van der Waals surface area (Å²) in [5, 5.41) is -0.280. The lowest BCUT2D eigenvalue weighted by Gasteiger charge is -2.32. The van der Waals surface area contributed by atoms with Crippen molar-refractivity contribution in [3.8, 4) is 5.75 Å². The monoisotopic (exact) mass is 445 g/mol. The fraction of sp³-hybridized carbons (Fsp3) is 0.364. The SMILES string of the molecule is Cc1nc(N)c2c(C(F)(F)F)cc(C3CCN(C(=O)COc4ccccc4)CC3)nc2n1. The number of likely N-dealkylation sites (tertiary alicyclic amines) is 1. The lowest BCUT2D eigenvalue weighted by atomic mass is 9.91. The molecule has 168 valence electrons. The van der Waals surface area contributed by atoms with Crippen LogP contribution in [-0.2, 0) is 11.0 Å². The maximum absolute atomic E-state index is 13.7. The van der Waals surface area contributed by atoms with Gasteiger partial charge in [-0.1, -0.05) is 18.2 Å². The number of alkyl halides is 3. The van der Waals surface area contributed by atoms with Gasteiger partial charge in [0, 0.05) is 24.7 Å². The number of pyridine rings is 1. The van der Waals surface area contributed by atoms with Crippen LogP contribution >= 0.6 is 0 Å². The van der Waals surface area contributed by atoms with E-state index in [1.807, 2.05) is 18.2 Å². The van der Waals surface area contributed by atoms with Gasteiger partial charge in [0.15, 0.2) is 12.3 Å². The number of aromatic nitrogens is 3. The van der Waals surface area contributed by atoms with E-state index in [0.717, 1.165) is 6.07 Å². The van der Waals surface area contributed by atoms with E-state index in [1.165, 1.54) is 0 Å². The highest BCUT2D eigenvalue weighted by molar-refractivity contribution is 5.89. The highest BCUT2D eigenvalue weighted by atomic mass is 19.4. The van der Waals surface area contributed by atoms with Crippen LogP contribution in [0.5, 0.6) is 5.75 Å². The average Bonchev–Trinajstić information content (AvgIpc) is 2.76. The van der Waals surface area contributed by atoms with Crippen LogP contribution in [0.15, 0.2) is 36.4 Å². The first-order chi connectivity index (χ1) is 15.2. The first-order valence-corrected chi connectivity index (χ1v) is 10.2. The van der Waals surface area contributed by atoms with Gasteiger partial charge in [0.2, 0.25) is 0 Å². The smallest absolute Gasteiger partial charge is 0.417 e. The number of nitrogens with zero attached hydrogens (tertiary/aromatic N) is 4. The van der Waals surface area contributed by atoms with E-state index >= 15 is 0 Å². The van der Waals surface area contributed by atoms with Crippen LogP contribution in [0.2, 0.25) is 0 Å². The molecule has 3 aromatic rings. The summed E-state index contributed by atoms with van der Waals surface area (Å²) in [7, 11) is 0. The van der Waals surface area contributed by atoms with Crippen molar-refractivity contribution in [1.82, 2.24) is 19.9 Å². The topological polar surface area (TPSA) is 94.2 Å². The molecule has 32 heavy (non-hydrogen) atoms. The van der Waals surface area contributed by atoms with Gasteiger partial charge in [-0.3, -0.25) is 4.79 Å². The summed E-state index contributed by atoms with van der Waals surface area (Å²) in [6.07, 6.45) is -3.63. The van der Waals surface area contributed by atoms with Crippen molar-refractivity contribution in [1.29, 1.82) is 0 Å². The molecule has 1 aliphatic rings. The number of fused-ring (bicyclic) bond motifs is 1. The van der Waals surface area contributed by atoms with Gasteiger partial charge < -0.3 is 15.4 Å². The number of piperidine rings is 1. The number of benzene rings is 1. The van der Waals surface area contributed by atoms with Gasteiger partial charge in [-0.25, -0.2) is 15.0 Å². The van der Waals surface area contributed by atoms with Crippen LogP contribution in [0, 0.1) is 6.92 Å². The molecule has 0 bridgehead atoms.